The Bertz CT molecular complexity index is 560. The van der Waals surface area contributed by atoms with E-state index in [1.807, 2.05) is 0 Å². The highest BCUT2D eigenvalue weighted by atomic mass is 16.3. The van der Waals surface area contributed by atoms with E-state index in [1.54, 1.807) is 55.2 Å². The number of rotatable bonds is 3. The summed E-state index contributed by atoms with van der Waals surface area (Å²) >= 11 is 0. The van der Waals surface area contributed by atoms with E-state index >= 15 is 0 Å². The van der Waals surface area contributed by atoms with Crippen LogP contribution in [0.1, 0.15) is 18.6 Å². The molecule has 1 aromatic carbocycles. The van der Waals surface area contributed by atoms with Gasteiger partial charge in [-0.1, -0.05) is 12.1 Å². The quantitative estimate of drug-likeness (QED) is 0.790. The highest BCUT2D eigenvalue weighted by molar-refractivity contribution is 5.99. The van der Waals surface area contributed by atoms with E-state index in [-0.39, 0.29) is 6.03 Å². The van der Waals surface area contributed by atoms with Crippen LogP contribution in [0, 0.1) is 0 Å². The minimum absolute atomic E-state index is 0.358. The SMILES string of the molecule is CC(O)c1ccc(NC(=O)Nc2ccn(C)n2)cc1. The van der Waals surface area contributed by atoms with Gasteiger partial charge in [0.05, 0.1) is 6.10 Å². The number of benzene rings is 1. The van der Waals surface area contributed by atoms with Gasteiger partial charge in [-0.05, 0) is 24.6 Å². The molecule has 0 saturated heterocycles. The van der Waals surface area contributed by atoms with Crippen LogP contribution in [0.15, 0.2) is 36.5 Å². The summed E-state index contributed by atoms with van der Waals surface area (Å²) in [4.78, 5) is 11.7. The molecule has 0 aliphatic carbocycles. The first-order chi connectivity index (χ1) is 9.04. The Balaban J connectivity index is 1.95. The lowest BCUT2D eigenvalue weighted by molar-refractivity contribution is 0.199. The summed E-state index contributed by atoms with van der Waals surface area (Å²) in [5.41, 5.74) is 1.45. The number of nitrogens with zero attached hydrogens (tertiary/aromatic N) is 2. The average Bonchev–Trinajstić information content (AvgIpc) is 2.75. The Morgan fingerprint density at radius 3 is 2.47 bits per heavy atom. The number of aromatic nitrogens is 2. The Hall–Kier alpha value is -2.34. The maximum Gasteiger partial charge on any atom is 0.324 e. The fraction of sp³-hybridized carbons (Fsp3) is 0.231. The van der Waals surface area contributed by atoms with Crippen molar-refractivity contribution in [3.05, 3.63) is 42.1 Å². The van der Waals surface area contributed by atoms with Gasteiger partial charge in [0.2, 0.25) is 0 Å². The van der Waals surface area contributed by atoms with E-state index in [9.17, 15) is 9.90 Å². The lowest BCUT2D eigenvalue weighted by atomic mass is 10.1. The summed E-state index contributed by atoms with van der Waals surface area (Å²) in [7, 11) is 1.78. The van der Waals surface area contributed by atoms with Crippen LogP contribution in [0.5, 0.6) is 0 Å². The number of nitrogens with one attached hydrogen (secondary N) is 2. The van der Waals surface area contributed by atoms with Gasteiger partial charge in [0.25, 0.3) is 0 Å². The topological polar surface area (TPSA) is 79.2 Å². The second kappa shape index (κ2) is 5.53. The molecule has 0 aliphatic rings. The number of amides is 2. The Kier molecular flexibility index (Phi) is 3.82. The van der Waals surface area contributed by atoms with E-state index in [4.69, 9.17) is 0 Å². The van der Waals surface area contributed by atoms with Crippen molar-refractivity contribution in [3.63, 3.8) is 0 Å². The number of hydrogen-bond acceptors (Lipinski definition) is 3. The molecule has 1 heterocycles. The molecule has 6 heteroatoms. The van der Waals surface area contributed by atoms with E-state index in [0.717, 1.165) is 5.56 Å². The number of urea groups is 1. The molecule has 0 fully saturated rings. The van der Waals surface area contributed by atoms with Crippen molar-refractivity contribution in [2.45, 2.75) is 13.0 Å². The van der Waals surface area contributed by atoms with E-state index in [1.165, 1.54) is 0 Å². The third-order valence-electron chi connectivity index (χ3n) is 2.61. The minimum Gasteiger partial charge on any atom is -0.389 e. The van der Waals surface area contributed by atoms with Crippen molar-refractivity contribution < 1.29 is 9.90 Å². The maximum absolute atomic E-state index is 11.7. The molecule has 0 spiro atoms. The van der Waals surface area contributed by atoms with Crippen LogP contribution in [-0.4, -0.2) is 20.9 Å². The number of hydrogen-bond donors (Lipinski definition) is 3. The van der Waals surface area contributed by atoms with Gasteiger partial charge in [-0.2, -0.15) is 5.10 Å². The van der Waals surface area contributed by atoms with Crippen LogP contribution < -0.4 is 10.6 Å². The second-order valence-electron chi connectivity index (χ2n) is 4.25. The van der Waals surface area contributed by atoms with Gasteiger partial charge in [0.15, 0.2) is 5.82 Å². The fourth-order valence-electron chi connectivity index (χ4n) is 1.61. The van der Waals surface area contributed by atoms with E-state index < -0.39 is 6.10 Å². The molecular weight excluding hydrogens is 244 g/mol. The largest absolute Gasteiger partial charge is 0.389 e. The molecule has 1 atom stereocenters. The molecular formula is C13H16N4O2. The van der Waals surface area contributed by atoms with Crippen molar-refractivity contribution in [3.8, 4) is 0 Å². The molecule has 2 rings (SSSR count). The molecule has 0 saturated carbocycles. The predicted octanol–water partition coefficient (Wildman–Crippen LogP) is 2.12. The molecule has 2 amide bonds. The standard InChI is InChI=1S/C13H16N4O2/c1-9(18)10-3-5-11(6-4-10)14-13(19)15-12-7-8-17(2)16-12/h3-9,18H,1-2H3,(H2,14,15,16,19). The summed E-state index contributed by atoms with van der Waals surface area (Å²) < 4.78 is 1.60. The lowest BCUT2D eigenvalue weighted by Crippen LogP contribution is -2.19. The Morgan fingerprint density at radius 1 is 1.26 bits per heavy atom. The molecule has 1 unspecified atom stereocenters. The zero-order chi connectivity index (χ0) is 13.8. The molecule has 100 valence electrons. The predicted molar refractivity (Wildman–Crippen MR) is 72.9 cm³/mol. The van der Waals surface area contributed by atoms with Gasteiger partial charge < -0.3 is 10.4 Å². The fourth-order valence-corrected chi connectivity index (χ4v) is 1.61. The number of aliphatic hydroxyl groups is 1. The van der Waals surface area contributed by atoms with Gasteiger partial charge in [0.1, 0.15) is 0 Å². The first-order valence-corrected chi connectivity index (χ1v) is 5.90. The monoisotopic (exact) mass is 260 g/mol. The van der Waals surface area contributed by atoms with Crippen LogP contribution in [0.4, 0.5) is 16.3 Å². The summed E-state index contributed by atoms with van der Waals surface area (Å²) in [6, 6.07) is 8.35. The Morgan fingerprint density at radius 2 is 1.95 bits per heavy atom. The maximum atomic E-state index is 11.7. The zero-order valence-corrected chi connectivity index (χ0v) is 10.8. The van der Waals surface area contributed by atoms with Gasteiger partial charge in [-0.25, -0.2) is 4.79 Å². The van der Waals surface area contributed by atoms with Crippen molar-refractivity contribution in [1.82, 2.24) is 9.78 Å². The number of carbonyl (C=O) groups excluding carboxylic acids is 1. The first-order valence-electron chi connectivity index (χ1n) is 5.90. The number of anilines is 2. The molecule has 19 heavy (non-hydrogen) atoms. The zero-order valence-electron chi connectivity index (χ0n) is 10.8. The smallest absolute Gasteiger partial charge is 0.324 e. The van der Waals surface area contributed by atoms with Crippen molar-refractivity contribution in [2.75, 3.05) is 10.6 Å². The first kappa shape index (κ1) is 13.1. The van der Waals surface area contributed by atoms with Crippen molar-refractivity contribution >= 4 is 17.5 Å². The molecule has 0 aliphatic heterocycles. The van der Waals surface area contributed by atoms with Crippen LogP contribution in [0.25, 0.3) is 0 Å². The van der Waals surface area contributed by atoms with Crippen molar-refractivity contribution in [2.24, 2.45) is 7.05 Å². The lowest BCUT2D eigenvalue weighted by Gasteiger charge is -2.08. The van der Waals surface area contributed by atoms with E-state index in [2.05, 4.69) is 15.7 Å². The van der Waals surface area contributed by atoms with Gasteiger partial charge >= 0.3 is 6.03 Å². The number of aliphatic hydroxyl groups excluding tert-OH is 1. The van der Waals surface area contributed by atoms with E-state index in [0.29, 0.717) is 11.5 Å². The Labute approximate surface area is 111 Å². The van der Waals surface area contributed by atoms with Crippen LogP contribution >= 0.6 is 0 Å². The van der Waals surface area contributed by atoms with Gasteiger partial charge in [-0.15, -0.1) is 0 Å². The molecule has 1 aromatic heterocycles. The van der Waals surface area contributed by atoms with Crippen LogP contribution in [-0.2, 0) is 7.05 Å². The summed E-state index contributed by atoms with van der Waals surface area (Å²) in [5.74, 6) is 0.487. The van der Waals surface area contributed by atoms with Crippen LogP contribution in [0.3, 0.4) is 0 Å². The van der Waals surface area contributed by atoms with Gasteiger partial charge in [0, 0.05) is 25.0 Å². The van der Waals surface area contributed by atoms with Gasteiger partial charge in [-0.3, -0.25) is 10.00 Å². The summed E-state index contributed by atoms with van der Waals surface area (Å²) in [5, 5.41) is 18.7. The highest BCUT2D eigenvalue weighted by Crippen LogP contribution is 2.15. The molecule has 2 aromatic rings. The summed E-state index contributed by atoms with van der Waals surface area (Å²) in [6.45, 7) is 1.69. The highest BCUT2D eigenvalue weighted by Gasteiger charge is 2.05. The molecule has 6 nitrogen and oxygen atoms in total. The number of aryl methyl sites for hydroxylation is 1. The second-order valence-corrected chi connectivity index (χ2v) is 4.25. The third kappa shape index (κ3) is 3.56. The molecule has 0 radical (unpaired) electrons. The minimum atomic E-state index is -0.517. The molecule has 3 N–H and O–H groups in total. The van der Waals surface area contributed by atoms with Crippen LogP contribution in [0.2, 0.25) is 0 Å². The number of carbonyl (C=O) groups is 1. The average molecular weight is 260 g/mol. The third-order valence-corrected chi connectivity index (χ3v) is 2.61. The normalized spacial score (nSPS) is 11.9. The van der Waals surface area contributed by atoms with Crippen molar-refractivity contribution in [1.29, 1.82) is 0 Å². The summed E-state index contributed by atoms with van der Waals surface area (Å²) in [6.07, 6.45) is 1.23. The molecule has 0 bridgehead atoms.